The molecule has 0 fully saturated rings. The number of carboxylic acids is 1. The third kappa shape index (κ3) is 141. The van der Waals surface area contributed by atoms with E-state index in [1.807, 2.05) is 13.8 Å². The Labute approximate surface area is 618 Å². The predicted molar refractivity (Wildman–Crippen MR) is 434 cm³/mol. The van der Waals surface area contributed by atoms with Gasteiger partial charge >= 0.3 is 17.9 Å². The molecule has 0 aromatic rings. The number of alkyl halides is 1. The number of carbonyl (C=O) groups is 3. The quantitative estimate of drug-likeness (QED) is 0.0156. The van der Waals surface area contributed by atoms with Gasteiger partial charge in [0.15, 0.2) is 0 Å². The van der Waals surface area contributed by atoms with E-state index in [1.165, 1.54) is 186 Å². The first kappa shape index (κ1) is 107. The summed E-state index contributed by atoms with van der Waals surface area (Å²) in [7, 11) is 0. The van der Waals surface area contributed by atoms with Gasteiger partial charge in [0.25, 0.3) is 0 Å². The lowest BCUT2D eigenvalue weighted by atomic mass is 10.1. The van der Waals surface area contributed by atoms with Crippen LogP contribution in [-0.4, -0.2) is 53.3 Å². The summed E-state index contributed by atoms with van der Waals surface area (Å²) in [5.74, 6) is 25.9. The Balaban J connectivity index is -0.000000162. The number of aliphatic hydroxyl groups is 1. The van der Waals surface area contributed by atoms with Crippen LogP contribution in [0.2, 0.25) is 0 Å². The maximum atomic E-state index is 11.1. The van der Waals surface area contributed by atoms with Crippen molar-refractivity contribution in [2.45, 2.75) is 371 Å². The normalized spacial score (nSPS) is 9.93. The molecule has 0 aromatic carbocycles. The molecule has 0 radical (unpaired) electrons. The first-order valence-corrected chi connectivity index (χ1v) is 45.2. The third-order valence-electron chi connectivity index (χ3n) is 13.4. The zero-order valence-corrected chi connectivity index (χ0v) is 68.1. The topological polar surface area (TPSA) is 110 Å². The molecule has 0 atom stereocenters. The number of allylic oxidation sites excluding steroid dienone is 8. The zero-order valence-electron chi connectivity index (χ0n) is 60.9. The summed E-state index contributed by atoms with van der Waals surface area (Å²) < 4.78 is 9.62. The predicted octanol–water partition coefficient (Wildman–Crippen LogP) is 28.3. The molecule has 0 aromatic heterocycles. The number of unbranched alkanes of at least 4 members (excludes halogenated alkanes) is 33. The lowest BCUT2D eigenvalue weighted by molar-refractivity contribution is -0.144. The number of rotatable bonds is 49. The molecule has 0 spiro atoms. The molecule has 0 saturated heterocycles. The molecule has 0 aliphatic rings. The highest BCUT2D eigenvalue weighted by atomic mass is 80.0. The van der Waals surface area contributed by atoms with Gasteiger partial charge in [0.05, 0.1) is 25.0 Å². The number of ether oxygens (including phenoxy) is 2. The lowest BCUT2D eigenvalue weighted by Crippen LogP contribution is -2.03. The second-order valence-electron chi connectivity index (χ2n) is 22.3. The van der Waals surface area contributed by atoms with Crippen LogP contribution in [0.4, 0.5) is 0 Å². The molecule has 0 saturated carbocycles. The standard InChI is InChI=1S/C20H36O2.C20H32O2.C18H32O2.C8H13Br.C8H14O.C7H12.CH4.Br3P/c2*1-3-5-6-7-8-9-10-11-12-13-14-15-16-17-18-19-20(21)22-4-2;1-2-3-4-5-6-7-8-9-10-11-12-13-14-15-16-17-18(19)20;2*1-2-3-4-5-6-7-8-9;1-3-5-7-6-4-2;;1-4(2)3/h8-9,11-12H,3-7,10,13-19H2,1-2H3;3-7,10,13-19H2,1-2H3;6-7,9-10H,2-5,8,11-17H2,1H3,(H,19,20);2-5,8H2,1H3;9H,2-5,8H2,1H3;1H,4-7H2,2H3;1H4;/b9-8-,12-11-;;7-6-,10-9-;;;;;. The largest absolute Gasteiger partial charge is 0.481 e. The minimum Gasteiger partial charge on any atom is -0.481 e. The van der Waals surface area contributed by atoms with Crippen LogP contribution in [0.5, 0.6) is 0 Å². The zero-order chi connectivity index (χ0) is 70.5. The van der Waals surface area contributed by atoms with Gasteiger partial charge in [-0.05, 0) is 176 Å². The summed E-state index contributed by atoms with van der Waals surface area (Å²) in [6.45, 7) is 17.9. The second-order valence-corrected chi connectivity index (χ2v) is 38.2. The van der Waals surface area contributed by atoms with E-state index in [0.29, 0.717) is 38.9 Å². The molecule has 0 aliphatic carbocycles. The molecule has 94 heavy (non-hydrogen) atoms. The Morgan fingerprint density at radius 2 is 0.660 bits per heavy atom. The van der Waals surface area contributed by atoms with Crippen LogP contribution in [0.15, 0.2) is 48.6 Å². The van der Waals surface area contributed by atoms with Gasteiger partial charge in [-0.2, -0.15) is 0 Å². The Bertz CT molecular complexity index is 1880. The number of hydrogen-bond donors (Lipinski definition) is 2. The molecule has 546 valence electrons. The van der Waals surface area contributed by atoms with E-state index in [0.717, 1.165) is 102 Å². The number of carbonyl (C=O) groups excluding carboxylic acids is 2. The van der Waals surface area contributed by atoms with Gasteiger partial charge in [0.2, 0.25) is 0 Å². The molecule has 2 N–H and O–H groups in total. The first-order valence-electron chi connectivity index (χ1n) is 36.7. The van der Waals surface area contributed by atoms with Gasteiger partial charge in [0, 0.05) is 51.4 Å². The molecule has 12 heteroatoms. The molecule has 0 aliphatic heterocycles. The minimum absolute atomic E-state index is 0. The first-order chi connectivity index (χ1) is 45.4. The summed E-state index contributed by atoms with van der Waals surface area (Å²) in [4.78, 5) is 32.6. The molecule has 0 rings (SSSR count). The highest BCUT2D eigenvalue weighted by Crippen LogP contribution is 2.59. The van der Waals surface area contributed by atoms with Crippen molar-refractivity contribution in [3.63, 3.8) is 0 Å². The fourth-order valence-corrected chi connectivity index (χ4v) is 8.34. The Morgan fingerprint density at radius 1 is 0.383 bits per heavy atom. The summed E-state index contributed by atoms with van der Waals surface area (Å²) in [5, 5.41) is 17.6. The van der Waals surface area contributed by atoms with Crippen molar-refractivity contribution in [1.29, 1.82) is 0 Å². The van der Waals surface area contributed by atoms with E-state index in [4.69, 9.17) is 26.1 Å². The molecule has 0 heterocycles. The maximum Gasteiger partial charge on any atom is 0.305 e. The van der Waals surface area contributed by atoms with Crippen LogP contribution >= 0.6 is 66.4 Å². The third-order valence-corrected chi connectivity index (χ3v) is 13.7. The second kappa shape index (κ2) is 112. The smallest absolute Gasteiger partial charge is 0.305 e. The van der Waals surface area contributed by atoms with Crippen molar-refractivity contribution < 1.29 is 34.1 Å². The molecule has 7 nitrogen and oxygen atoms in total. The van der Waals surface area contributed by atoms with Crippen LogP contribution in [0.25, 0.3) is 0 Å². The number of esters is 2. The van der Waals surface area contributed by atoms with Gasteiger partial charge in [-0.15, -0.1) is 36.0 Å². The van der Waals surface area contributed by atoms with Crippen molar-refractivity contribution in [2.24, 2.45) is 0 Å². The number of aliphatic carboxylic acids is 1. The average Bonchev–Trinajstić information content (AvgIpc) is 3.60. The summed E-state index contributed by atoms with van der Waals surface area (Å²) in [5.41, 5.74) is 0. The molecular weight excluding hydrogens is 1450 g/mol. The van der Waals surface area contributed by atoms with Gasteiger partial charge in [-0.25, -0.2) is 0 Å². The molecular formula is C82H143Br4O7P. The number of terminal acetylenes is 1. The van der Waals surface area contributed by atoms with E-state index in [-0.39, 0.29) is 30.0 Å². The fraction of sp³-hybridized carbons (Fsp3) is 0.744. The Kier molecular flexibility index (Phi) is 128. The Morgan fingerprint density at radius 3 is 0.979 bits per heavy atom. The average molecular weight is 1590 g/mol. The molecule has 0 unspecified atom stereocenters. The van der Waals surface area contributed by atoms with E-state index in [2.05, 4.69) is 206 Å². The number of hydrogen-bond acceptors (Lipinski definition) is 6. The van der Waals surface area contributed by atoms with E-state index < -0.39 is 5.97 Å². The lowest BCUT2D eigenvalue weighted by Gasteiger charge is -2.01. The van der Waals surface area contributed by atoms with Gasteiger partial charge in [-0.1, -0.05) is 272 Å². The van der Waals surface area contributed by atoms with Crippen molar-refractivity contribution >= 4 is 84.3 Å². The van der Waals surface area contributed by atoms with E-state index in [1.54, 1.807) is 0 Å². The Hall–Kier alpha value is -2.52. The van der Waals surface area contributed by atoms with E-state index in [9.17, 15) is 14.4 Å². The SMILES string of the molecule is BrP(Br)Br.C.C#CCCCCC.CCCCC/C=C\C/C=C\CCCCCCCC(=O)O.CCCCC/C=C\C/C=C\CCCCCCCC(=O)OCC.CCCCCC#CCBr.CCCCCC#CCC#CCCCCCCCC(=O)OCC.CCCCCC#CCO. The van der Waals surface area contributed by atoms with Crippen LogP contribution < -0.4 is 0 Å². The van der Waals surface area contributed by atoms with E-state index >= 15 is 0 Å². The van der Waals surface area contributed by atoms with Crippen molar-refractivity contribution in [2.75, 3.05) is 25.2 Å². The van der Waals surface area contributed by atoms with Gasteiger partial charge in [-0.3, -0.25) is 14.4 Å². The number of carboxylic acid groups (broad SMARTS) is 1. The van der Waals surface area contributed by atoms with Crippen LogP contribution in [0.3, 0.4) is 0 Å². The molecule has 0 amide bonds. The minimum atomic E-state index is -0.671. The van der Waals surface area contributed by atoms with Crippen molar-refractivity contribution in [1.82, 2.24) is 0 Å². The highest BCUT2D eigenvalue weighted by molar-refractivity contribution is 9.93. The van der Waals surface area contributed by atoms with Crippen LogP contribution in [0, 0.1) is 59.7 Å². The number of halogens is 4. The molecule has 0 bridgehead atoms. The maximum absolute atomic E-state index is 11.1. The van der Waals surface area contributed by atoms with Gasteiger partial charge in [0.1, 0.15) is 10.6 Å². The van der Waals surface area contributed by atoms with Crippen LogP contribution in [-0.2, 0) is 23.9 Å². The number of aliphatic hydroxyl groups excluding tert-OH is 1. The van der Waals surface area contributed by atoms with Crippen molar-refractivity contribution in [3.05, 3.63) is 48.6 Å². The van der Waals surface area contributed by atoms with Crippen LogP contribution in [0.1, 0.15) is 371 Å². The monoisotopic (exact) mass is 1590 g/mol. The fourth-order valence-electron chi connectivity index (χ4n) is 8.14. The summed E-state index contributed by atoms with van der Waals surface area (Å²) in [6, 6.07) is 0. The highest BCUT2D eigenvalue weighted by Gasteiger charge is 2.02. The summed E-state index contributed by atoms with van der Waals surface area (Å²) in [6.07, 6.45) is 77.2. The van der Waals surface area contributed by atoms with Crippen molar-refractivity contribution in [3.8, 4) is 59.7 Å². The summed E-state index contributed by atoms with van der Waals surface area (Å²) >= 11 is 12.8. The van der Waals surface area contributed by atoms with Gasteiger partial charge < -0.3 is 19.7 Å².